The maximum Gasteiger partial charge on any atom is 0.0897 e. The van der Waals surface area contributed by atoms with Gasteiger partial charge in [0.05, 0.1) is 10.7 Å². The number of halogens is 1. The van der Waals surface area contributed by atoms with E-state index in [1.54, 1.807) is 11.3 Å². The average Bonchev–Trinajstić information content (AvgIpc) is 2.73. The van der Waals surface area contributed by atoms with Gasteiger partial charge in [0.2, 0.25) is 0 Å². The van der Waals surface area contributed by atoms with Gasteiger partial charge in [-0.05, 0) is 30.9 Å². The number of aromatic nitrogens is 1. The first-order valence-corrected chi connectivity index (χ1v) is 6.74. The number of aryl methyl sites for hydroxylation is 3. The van der Waals surface area contributed by atoms with Gasteiger partial charge in [0.25, 0.3) is 0 Å². The molecule has 0 aliphatic rings. The quantitative estimate of drug-likeness (QED) is 0.750. The minimum atomic E-state index is 0.589. The van der Waals surface area contributed by atoms with E-state index in [0.717, 1.165) is 17.8 Å². The minimum Gasteiger partial charge on any atom is -0.247 e. The van der Waals surface area contributed by atoms with Gasteiger partial charge < -0.3 is 0 Å². The van der Waals surface area contributed by atoms with Crippen LogP contribution in [-0.4, -0.2) is 4.98 Å². The highest BCUT2D eigenvalue weighted by Crippen LogP contribution is 2.12. The maximum atomic E-state index is 5.75. The molecule has 84 valence electrons. The highest BCUT2D eigenvalue weighted by Gasteiger charge is 1.99. The predicted octanol–water partition coefficient (Wildman–Crippen LogP) is 3.98. The maximum absolute atomic E-state index is 5.75. The van der Waals surface area contributed by atoms with Crippen molar-refractivity contribution in [3.8, 4) is 0 Å². The summed E-state index contributed by atoms with van der Waals surface area (Å²) < 4.78 is 0. The summed E-state index contributed by atoms with van der Waals surface area (Å²) in [6.07, 6.45) is 2.07. The average molecular weight is 252 g/mol. The topological polar surface area (TPSA) is 12.9 Å². The lowest BCUT2D eigenvalue weighted by molar-refractivity contribution is 0.919. The van der Waals surface area contributed by atoms with Crippen LogP contribution in [0.15, 0.2) is 29.6 Å². The van der Waals surface area contributed by atoms with Crippen LogP contribution in [0.5, 0.6) is 0 Å². The van der Waals surface area contributed by atoms with Crippen molar-refractivity contribution in [1.29, 1.82) is 0 Å². The largest absolute Gasteiger partial charge is 0.247 e. The summed E-state index contributed by atoms with van der Waals surface area (Å²) in [6, 6.07) is 8.48. The van der Waals surface area contributed by atoms with Crippen LogP contribution in [0.25, 0.3) is 0 Å². The van der Waals surface area contributed by atoms with Crippen LogP contribution in [0.2, 0.25) is 0 Å². The number of nitrogens with zero attached hydrogens (tertiary/aromatic N) is 1. The molecular weight excluding hydrogens is 238 g/mol. The van der Waals surface area contributed by atoms with E-state index in [1.165, 1.54) is 16.8 Å². The molecule has 0 atom stereocenters. The molecule has 0 bridgehead atoms. The first kappa shape index (κ1) is 11.6. The Labute approximate surface area is 105 Å². The number of rotatable bonds is 4. The molecule has 0 amide bonds. The van der Waals surface area contributed by atoms with E-state index in [-0.39, 0.29) is 0 Å². The fourth-order valence-electron chi connectivity index (χ4n) is 1.59. The lowest BCUT2D eigenvalue weighted by Gasteiger charge is -2.00. The highest BCUT2D eigenvalue weighted by atomic mass is 35.5. The van der Waals surface area contributed by atoms with E-state index in [0.29, 0.717) is 5.88 Å². The Morgan fingerprint density at radius 2 is 1.81 bits per heavy atom. The molecule has 0 aliphatic heterocycles. The molecule has 0 saturated carbocycles. The summed E-state index contributed by atoms with van der Waals surface area (Å²) in [5, 5.41) is 3.29. The normalized spacial score (nSPS) is 10.6. The number of hydrogen-bond donors (Lipinski definition) is 0. The molecule has 2 aromatic rings. The summed E-state index contributed by atoms with van der Waals surface area (Å²) in [4.78, 5) is 4.46. The van der Waals surface area contributed by atoms with Gasteiger partial charge in [-0.2, -0.15) is 0 Å². The molecule has 0 fully saturated rings. The minimum absolute atomic E-state index is 0.589. The van der Waals surface area contributed by atoms with Crippen molar-refractivity contribution in [2.24, 2.45) is 0 Å². The Morgan fingerprint density at radius 1 is 1.12 bits per heavy atom. The molecule has 16 heavy (non-hydrogen) atoms. The van der Waals surface area contributed by atoms with E-state index < -0.39 is 0 Å². The predicted molar refractivity (Wildman–Crippen MR) is 70.3 cm³/mol. The van der Waals surface area contributed by atoms with Crippen LogP contribution in [-0.2, 0) is 18.7 Å². The lowest BCUT2D eigenvalue weighted by atomic mass is 10.1. The Morgan fingerprint density at radius 3 is 2.38 bits per heavy atom. The SMILES string of the molecule is Cc1nc(CCc2ccc(CCl)cc2)cs1. The summed E-state index contributed by atoms with van der Waals surface area (Å²) in [7, 11) is 0. The molecule has 0 N–H and O–H groups in total. The van der Waals surface area contributed by atoms with Gasteiger partial charge in [0.15, 0.2) is 0 Å². The molecule has 0 aliphatic carbocycles. The van der Waals surface area contributed by atoms with Crippen molar-refractivity contribution < 1.29 is 0 Å². The van der Waals surface area contributed by atoms with E-state index in [4.69, 9.17) is 11.6 Å². The third-order valence-electron chi connectivity index (χ3n) is 2.51. The Balaban J connectivity index is 1.94. The van der Waals surface area contributed by atoms with Crippen LogP contribution < -0.4 is 0 Å². The van der Waals surface area contributed by atoms with Crippen molar-refractivity contribution >= 4 is 22.9 Å². The molecule has 3 heteroatoms. The van der Waals surface area contributed by atoms with Gasteiger partial charge in [0, 0.05) is 11.3 Å². The Bertz CT molecular complexity index is 447. The number of benzene rings is 1. The zero-order valence-corrected chi connectivity index (χ0v) is 10.8. The van der Waals surface area contributed by atoms with Crippen LogP contribution in [0.4, 0.5) is 0 Å². The Kier molecular flexibility index (Phi) is 3.97. The third kappa shape index (κ3) is 3.06. The fraction of sp³-hybridized carbons (Fsp3) is 0.308. The van der Waals surface area contributed by atoms with Crippen LogP contribution >= 0.6 is 22.9 Å². The van der Waals surface area contributed by atoms with Crippen molar-refractivity contribution in [3.05, 3.63) is 51.5 Å². The summed E-state index contributed by atoms with van der Waals surface area (Å²) in [5.74, 6) is 0.589. The number of alkyl halides is 1. The molecule has 1 aromatic heterocycles. The third-order valence-corrected chi connectivity index (χ3v) is 3.64. The lowest BCUT2D eigenvalue weighted by Crippen LogP contribution is -1.92. The molecule has 1 heterocycles. The first-order valence-electron chi connectivity index (χ1n) is 5.33. The molecule has 2 rings (SSSR count). The Hall–Kier alpha value is -0.860. The second kappa shape index (κ2) is 5.46. The standard InChI is InChI=1S/C13H14ClNS/c1-10-15-13(9-16-10)7-6-11-2-4-12(8-14)5-3-11/h2-5,9H,6-8H2,1H3. The summed E-state index contributed by atoms with van der Waals surface area (Å²) in [6.45, 7) is 2.05. The molecule has 0 radical (unpaired) electrons. The molecule has 0 unspecified atom stereocenters. The highest BCUT2D eigenvalue weighted by molar-refractivity contribution is 7.09. The smallest absolute Gasteiger partial charge is 0.0897 e. The monoisotopic (exact) mass is 251 g/mol. The van der Waals surface area contributed by atoms with Gasteiger partial charge >= 0.3 is 0 Å². The van der Waals surface area contributed by atoms with E-state index in [1.807, 2.05) is 6.92 Å². The van der Waals surface area contributed by atoms with Crippen LogP contribution in [0.1, 0.15) is 21.8 Å². The second-order valence-corrected chi connectivity index (χ2v) is 5.14. The van der Waals surface area contributed by atoms with Crippen LogP contribution in [0.3, 0.4) is 0 Å². The zero-order valence-electron chi connectivity index (χ0n) is 9.24. The van der Waals surface area contributed by atoms with Crippen molar-refractivity contribution in [2.45, 2.75) is 25.6 Å². The van der Waals surface area contributed by atoms with Gasteiger partial charge in [-0.15, -0.1) is 22.9 Å². The van der Waals surface area contributed by atoms with Crippen molar-refractivity contribution in [1.82, 2.24) is 4.98 Å². The molecule has 0 saturated heterocycles. The van der Waals surface area contributed by atoms with Gasteiger partial charge in [-0.3, -0.25) is 0 Å². The second-order valence-electron chi connectivity index (χ2n) is 3.81. The summed E-state index contributed by atoms with van der Waals surface area (Å²) >= 11 is 7.46. The molecular formula is C13H14ClNS. The van der Waals surface area contributed by atoms with Crippen molar-refractivity contribution in [3.63, 3.8) is 0 Å². The first-order chi connectivity index (χ1) is 7.78. The number of hydrogen-bond acceptors (Lipinski definition) is 2. The fourth-order valence-corrected chi connectivity index (χ4v) is 2.42. The van der Waals surface area contributed by atoms with E-state index in [2.05, 4.69) is 34.6 Å². The van der Waals surface area contributed by atoms with Crippen molar-refractivity contribution in [2.75, 3.05) is 0 Å². The van der Waals surface area contributed by atoms with Gasteiger partial charge in [-0.1, -0.05) is 24.3 Å². The van der Waals surface area contributed by atoms with Gasteiger partial charge in [-0.25, -0.2) is 4.98 Å². The molecule has 1 nitrogen and oxygen atoms in total. The van der Waals surface area contributed by atoms with Crippen LogP contribution in [0, 0.1) is 6.92 Å². The molecule has 1 aromatic carbocycles. The van der Waals surface area contributed by atoms with E-state index >= 15 is 0 Å². The van der Waals surface area contributed by atoms with E-state index in [9.17, 15) is 0 Å². The zero-order chi connectivity index (χ0) is 11.4. The molecule has 0 spiro atoms. The number of thiazole rings is 1. The van der Waals surface area contributed by atoms with Gasteiger partial charge in [0.1, 0.15) is 0 Å². The summed E-state index contributed by atoms with van der Waals surface area (Å²) in [5.41, 5.74) is 3.72.